The molecule has 16 heavy (non-hydrogen) atoms. The Labute approximate surface area is 98.2 Å². The van der Waals surface area contributed by atoms with Crippen LogP contribution in [0.25, 0.3) is 0 Å². The van der Waals surface area contributed by atoms with E-state index in [0.29, 0.717) is 0 Å². The Morgan fingerprint density at radius 1 is 1.31 bits per heavy atom. The van der Waals surface area contributed by atoms with Gasteiger partial charge in [0.2, 0.25) is 5.88 Å². The number of nitrogens with zero attached hydrogens (tertiary/aromatic N) is 1. The number of aryl methyl sites for hydroxylation is 1. The van der Waals surface area contributed by atoms with Crippen LogP contribution in [0.4, 0.5) is 0 Å². The van der Waals surface area contributed by atoms with Gasteiger partial charge in [-0.05, 0) is 31.5 Å². The van der Waals surface area contributed by atoms with Crippen molar-refractivity contribution in [2.45, 2.75) is 39.7 Å². The minimum Gasteiger partial charge on any atom is -0.478 e. The molecule has 1 heterocycles. The van der Waals surface area contributed by atoms with Gasteiger partial charge in [0.1, 0.15) is 0 Å². The molecule has 0 saturated heterocycles. The summed E-state index contributed by atoms with van der Waals surface area (Å²) in [5, 5.41) is 3.15. The predicted octanol–water partition coefficient (Wildman–Crippen LogP) is 2.54. The highest BCUT2D eigenvalue weighted by molar-refractivity contribution is 5.25. The Hall–Kier alpha value is -1.09. The Kier molecular flexibility index (Phi) is 5.86. The molecule has 0 aromatic carbocycles. The van der Waals surface area contributed by atoms with Gasteiger partial charge >= 0.3 is 0 Å². The van der Waals surface area contributed by atoms with Crippen LogP contribution in [0.15, 0.2) is 12.1 Å². The van der Waals surface area contributed by atoms with Crippen molar-refractivity contribution in [3.63, 3.8) is 0 Å². The number of aromatic nitrogens is 1. The number of pyridine rings is 1. The summed E-state index contributed by atoms with van der Waals surface area (Å²) in [4.78, 5) is 4.46. The number of hydrogen-bond donors (Lipinski definition) is 1. The molecule has 0 saturated carbocycles. The lowest BCUT2D eigenvalue weighted by atomic mass is 10.2. The smallest absolute Gasteiger partial charge is 0.213 e. The molecule has 0 amide bonds. The maximum absolute atomic E-state index is 5.64. The van der Waals surface area contributed by atoms with Crippen molar-refractivity contribution in [3.8, 4) is 5.88 Å². The molecule has 90 valence electrons. The van der Waals surface area contributed by atoms with Crippen LogP contribution in [0.3, 0.4) is 0 Å². The van der Waals surface area contributed by atoms with Gasteiger partial charge < -0.3 is 10.1 Å². The summed E-state index contributed by atoms with van der Waals surface area (Å²) >= 11 is 0. The molecule has 0 atom stereocenters. The summed E-state index contributed by atoms with van der Waals surface area (Å²) in [5.41, 5.74) is 2.33. The topological polar surface area (TPSA) is 34.1 Å². The van der Waals surface area contributed by atoms with E-state index in [4.69, 9.17) is 4.74 Å². The summed E-state index contributed by atoms with van der Waals surface area (Å²) in [6.07, 6.45) is 3.18. The average molecular weight is 222 g/mol. The molecule has 0 aliphatic heterocycles. The number of rotatable bonds is 7. The average Bonchev–Trinajstić information content (AvgIpc) is 2.29. The van der Waals surface area contributed by atoms with Crippen molar-refractivity contribution in [1.29, 1.82) is 0 Å². The quantitative estimate of drug-likeness (QED) is 0.720. The first-order valence-corrected chi connectivity index (χ1v) is 6.07. The van der Waals surface area contributed by atoms with E-state index in [2.05, 4.69) is 30.2 Å². The van der Waals surface area contributed by atoms with Gasteiger partial charge in [-0.15, -0.1) is 0 Å². The molecule has 0 aliphatic carbocycles. The molecule has 1 aromatic heterocycles. The molecule has 0 spiro atoms. The Bertz CT molecular complexity index is 313. The van der Waals surface area contributed by atoms with Crippen LogP contribution < -0.4 is 10.1 Å². The van der Waals surface area contributed by atoms with Gasteiger partial charge in [-0.25, -0.2) is 4.98 Å². The van der Waals surface area contributed by atoms with Crippen LogP contribution >= 0.6 is 0 Å². The van der Waals surface area contributed by atoms with Crippen LogP contribution in [0.5, 0.6) is 5.88 Å². The van der Waals surface area contributed by atoms with E-state index in [9.17, 15) is 0 Å². The zero-order chi connectivity index (χ0) is 11.8. The first-order valence-electron chi connectivity index (χ1n) is 6.07. The first-order chi connectivity index (χ1) is 7.80. The van der Waals surface area contributed by atoms with Gasteiger partial charge in [0.05, 0.1) is 6.61 Å². The molecule has 0 radical (unpaired) electrons. The lowest BCUT2D eigenvalue weighted by Gasteiger charge is -2.09. The van der Waals surface area contributed by atoms with Crippen LogP contribution in [0, 0.1) is 0 Å². The Morgan fingerprint density at radius 3 is 2.75 bits per heavy atom. The molecular formula is C13H22N2O. The van der Waals surface area contributed by atoms with E-state index in [0.717, 1.165) is 44.0 Å². The lowest BCUT2D eigenvalue weighted by Crippen LogP contribution is -2.07. The van der Waals surface area contributed by atoms with E-state index < -0.39 is 0 Å². The lowest BCUT2D eigenvalue weighted by molar-refractivity contribution is 0.296. The molecule has 1 rings (SSSR count). The van der Waals surface area contributed by atoms with E-state index in [1.807, 2.05) is 13.1 Å². The van der Waals surface area contributed by atoms with Gasteiger partial charge in [-0.3, -0.25) is 0 Å². The summed E-state index contributed by atoms with van der Waals surface area (Å²) < 4.78 is 5.64. The SMILES string of the molecule is CCCCOc1cc(CNC)cc(CC)n1. The van der Waals surface area contributed by atoms with Gasteiger partial charge in [0.15, 0.2) is 0 Å². The molecule has 0 fully saturated rings. The van der Waals surface area contributed by atoms with E-state index in [1.165, 1.54) is 5.56 Å². The fourth-order valence-corrected chi connectivity index (χ4v) is 1.50. The highest BCUT2D eigenvalue weighted by Crippen LogP contribution is 2.13. The minimum atomic E-state index is 0.760. The van der Waals surface area contributed by atoms with Crippen molar-refractivity contribution >= 4 is 0 Å². The second-order valence-corrected chi connectivity index (χ2v) is 3.89. The van der Waals surface area contributed by atoms with Crippen molar-refractivity contribution < 1.29 is 4.74 Å². The zero-order valence-electron chi connectivity index (χ0n) is 10.5. The van der Waals surface area contributed by atoms with Crippen molar-refractivity contribution in [2.24, 2.45) is 0 Å². The van der Waals surface area contributed by atoms with E-state index >= 15 is 0 Å². The third-order valence-electron chi connectivity index (χ3n) is 2.41. The molecule has 0 bridgehead atoms. The molecule has 1 N–H and O–H groups in total. The molecule has 0 unspecified atom stereocenters. The summed E-state index contributed by atoms with van der Waals surface area (Å²) in [5.74, 6) is 0.762. The van der Waals surface area contributed by atoms with E-state index in [1.54, 1.807) is 0 Å². The standard InChI is InChI=1S/C13H22N2O/c1-4-6-7-16-13-9-11(10-14-3)8-12(5-2)15-13/h8-9,14H,4-7,10H2,1-3H3. The van der Waals surface area contributed by atoms with Crippen LogP contribution in [-0.2, 0) is 13.0 Å². The fourth-order valence-electron chi connectivity index (χ4n) is 1.50. The van der Waals surface area contributed by atoms with E-state index in [-0.39, 0.29) is 0 Å². The predicted molar refractivity (Wildman–Crippen MR) is 66.8 cm³/mol. The molecule has 1 aromatic rings. The maximum atomic E-state index is 5.64. The normalized spacial score (nSPS) is 10.4. The Morgan fingerprint density at radius 2 is 2.12 bits per heavy atom. The summed E-state index contributed by atoms with van der Waals surface area (Å²) in [6, 6.07) is 4.15. The van der Waals surface area contributed by atoms with Gasteiger partial charge in [0, 0.05) is 18.3 Å². The molecular weight excluding hydrogens is 200 g/mol. The van der Waals surface area contributed by atoms with Crippen molar-refractivity contribution in [2.75, 3.05) is 13.7 Å². The molecule has 0 aliphatic rings. The number of nitrogens with one attached hydrogen (secondary N) is 1. The highest BCUT2D eigenvalue weighted by atomic mass is 16.5. The highest BCUT2D eigenvalue weighted by Gasteiger charge is 2.02. The second-order valence-electron chi connectivity index (χ2n) is 3.89. The monoisotopic (exact) mass is 222 g/mol. The van der Waals surface area contributed by atoms with Gasteiger partial charge in [-0.2, -0.15) is 0 Å². The largest absolute Gasteiger partial charge is 0.478 e. The van der Waals surface area contributed by atoms with Crippen LogP contribution in [0.1, 0.15) is 37.9 Å². The molecule has 3 nitrogen and oxygen atoms in total. The van der Waals surface area contributed by atoms with Crippen molar-refractivity contribution in [1.82, 2.24) is 10.3 Å². The third-order valence-corrected chi connectivity index (χ3v) is 2.41. The summed E-state index contributed by atoms with van der Waals surface area (Å²) in [7, 11) is 1.95. The third kappa shape index (κ3) is 4.19. The first kappa shape index (κ1) is 13.0. The minimum absolute atomic E-state index is 0.760. The number of hydrogen-bond acceptors (Lipinski definition) is 3. The number of unbranched alkanes of at least 4 members (excludes halogenated alkanes) is 1. The van der Waals surface area contributed by atoms with Crippen LogP contribution in [-0.4, -0.2) is 18.6 Å². The zero-order valence-corrected chi connectivity index (χ0v) is 10.5. The summed E-state index contributed by atoms with van der Waals surface area (Å²) in [6.45, 7) is 5.89. The molecule has 3 heteroatoms. The maximum Gasteiger partial charge on any atom is 0.213 e. The van der Waals surface area contributed by atoms with Crippen molar-refractivity contribution in [3.05, 3.63) is 23.4 Å². The van der Waals surface area contributed by atoms with Gasteiger partial charge in [0.25, 0.3) is 0 Å². The van der Waals surface area contributed by atoms with Gasteiger partial charge in [-0.1, -0.05) is 20.3 Å². The van der Waals surface area contributed by atoms with Crippen LogP contribution in [0.2, 0.25) is 0 Å². The second kappa shape index (κ2) is 7.23. The number of ether oxygens (including phenoxy) is 1. The Balaban J connectivity index is 2.69. The fraction of sp³-hybridized carbons (Fsp3) is 0.615.